The van der Waals surface area contributed by atoms with Gasteiger partial charge in [-0.3, -0.25) is 0 Å². The fourth-order valence-electron chi connectivity index (χ4n) is 8.39. The van der Waals surface area contributed by atoms with Crippen LogP contribution in [-0.2, 0) is 0 Å². The van der Waals surface area contributed by atoms with Gasteiger partial charge in [0.25, 0.3) is 0 Å². The molecule has 0 saturated heterocycles. The summed E-state index contributed by atoms with van der Waals surface area (Å²) in [6.45, 7) is 0. The van der Waals surface area contributed by atoms with Crippen LogP contribution in [0.1, 0.15) is 0 Å². The third-order valence-corrected chi connectivity index (χ3v) is 11.0. The highest BCUT2D eigenvalue weighted by Gasteiger charge is 2.17. The Hall–Kier alpha value is -7.36. The van der Waals surface area contributed by atoms with Crippen LogP contribution in [0, 0.1) is 0 Å². The van der Waals surface area contributed by atoms with E-state index in [1.54, 1.807) is 0 Å². The maximum atomic E-state index is 5.19. The smallest absolute Gasteiger partial charge is 0.160 e. The van der Waals surface area contributed by atoms with Crippen molar-refractivity contribution in [2.24, 2.45) is 0 Å². The molecule has 0 spiro atoms. The van der Waals surface area contributed by atoms with Crippen molar-refractivity contribution in [2.45, 2.75) is 0 Å². The topological polar surface area (TPSA) is 30.7 Å². The molecular weight excluding hydrogens is 667 g/mol. The molecule has 11 aromatic rings. The Labute approximate surface area is 318 Å². The fraction of sp³-hybridized carbons (Fsp3) is 0. The van der Waals surface area contributed by atoms with E-state index in [1.807, 2.05) is 18.2 Å². The van der Waals surface area contributed by atoms with Gasteiger partial charge in [-0.15, -0.1) is 0 Å². The van der Waals surface area contributed by atoms with Crippen LogP contribution in [0.25, 0.3) is 105 Å². The zero-order valence-corrected chi connectivity index (χ0v) is 29.9. The monoisotopic (exact) mass is 699 g/mol. The van der Waals surface area contributed by atoms with E-state index in [-0.39, 0.29) is 0 Å². The summed E-state index contributed by atoms with van der Waals surface area (Å²) < 4.78 is 2.35. The van der Waals surface area contributed by atoms with Crippen molar-refractivity contribution in [3.8, 4) is 50.7 Å². The zero-order valence-electron chi connectivity index (χ0n) is 29.9. The SMILES string of the molecule is c1ccc(-c2nc(-c3ccc(-c4c5ccccc5cc5c4ccc4ccccc45)cc3)cc(-c3ccc4c(c3)c3ccccc3n4-c3ccccc3)n2)cc1. The van der Waals surface area contributed by atoms with E-state index in [9.17, 15) is 0 Å². The van der Waals surface area contributed by atoms with E-state index in [0.717, 1.165) is 33.8 Å². The summed E-state index contributed by atoms with van der Waals surface area (Å²) in [5.41, 5.74) is 10.8. The quantitative estimate of drug-likeness (QED) is 0.132. The van der Waals surface area contributed by atoms with Gasteiger partial charge in [-0.1, -0.05) is 158 Å². The number of para-hydroxylation sites is 2. The number of fused-ring (bicyclic) bond motifs is 7. The van der Waals surface area contributed by atoms with Crippen molar-refractivity contribution in [3.63, 3.8) is 0 Å². The maximum Gasteiger partial charge on any atom is 0.160 e. The van der Waals surface area contributed by atoms with Gasteiger partial charge in [0.15, 0.2) is 5.82 Å². The lowest BCUT2D eigenvalue weighted by Gasteiger charge is -2.15. The lowest BCUT2D eigenvalue weighted by Crippen LogP contribution is -1.96. The molecule has 0 amide bonds. The molecule has 0 radical (unpaired) electrons. The first-order valence-electron chi connectivity index (χ1n) is 18.7. The third-order valence-electron chi connectivity index (χ3n) is 11.0. The molecule has 0 atom stereocenters. The van der Waals surface area contributed by atoms with Crippen LogP contribution < -0.4 is 0 Å². The van der Waals surface area contributed by atoms with E-state index < -0.39 is 0 Å². The third kappa shape index (κ3) is 5.20. The molecule has 0 N–H and O–H groups in total. The Kier molecular flexibility index (Phi) is 7.17. The van der Waals surface area contributed by atoms with Gasteiger partial charge in [-0.25, -0.2) is 9.97 Å². The molecule has 0 aliphatic carbocycles. The largest absolute Gasteiger partial charge is 0.309 e. The Morgan fingerprint density at radius 1 is 0.309 bits per heavy atom. The molecule has 3 nitrogen and oxygen atoms in total. The van der Waals surface area contributed by atoms with Crippen LogP contribution in [0.5, 0.6) is 0 Å². The summed E-state index contributed by atoms with van der Waals surface area (Å²) in [5.74, 6) is 0.705. The molecular formula is C52H33N3. The minimum absolute atomic E-state index is 0.705. The molecule has 0 unspecified atom stereocenters. The van der Waals surface area contributed by atoms with Crippen LogP contribution in [0.3, 0.4) is 0 Å². The summed E-state index contributed by atoms with van der Waals surface area (Å²) in [6, 6.07) is 71.5. The number of aromatic nitrogens is 3. The molecule has 0 fully saturated rings. The Morgan fingerprint density at radius 3 is 1.71 bits per heavy atom. The van der Waals surface area contributed by atoms with E-state index in [4.69, 9.17) is 9.97 Å². The molecule has 2 aromatic heterocycles. The highest BCUT2D eigenvalue weighted by molar-refractivity contribution is 6.20. The molecule has 0 aliphatic rings. The standard InChI is InChI=1S/C52H33N3/c1-3-14-37(15-4-1)52-53-47(33-48(54-52)39-28-30-50-46(32-39)43-21-11-12-22-49(43)55(50)40-17-5-2-6-18-40)35-23-25-36(26-24-35)51-42-20-10-8-16-38(42)31-45-41-19-9-7-13-34(41)27-29-44(45)51/h1-33H. The second-order valence-electron chi connectivity index (χ2n) is 14.2. The van der Waals surface area contributed by atoms with Crippen molar-refractivity contribution in [2.75, 3.05) is 0 Å². The van der Waals surface area contributed by atoms with E-state index >= 15 is 0 Å². The second-order valence-corrected chi connectivity index (χ2v) is 14.2. The summed E-state index contributed by atoms with van der Waals surface area (Å²) in [5, 5.41) is 9.94. The van der Waals surface area contributed by atoms with Gasteiger partial charge < -0.3 is 4.57 Å². The van der Waals surface area contributed by atoms with Crippen molar-refractivity contribution in [1.29, 1.82) is 0 Å². The summed E-state index contributed by atoms with van der Waals surface area (Å²) in [4.78, 5) is 10.4. The first-order chi connectivity index (χ1) is 27.3. The van der Waals surface area contributed by atoms with E-state index in [1.165, 1.54) is 65.3 Å². The molecule has 11 rings (SSSR count). The van der Waals surface area contributed by atoms with Gasteiger partial charge in [-0.2, -0.15) is 0 Å². The summed E-state index contributed by atoms with van der Waals surface area (Å²) in [7, 11) is 0. The highest BCUT2D eigenvalue weighted by Crippen LogP contribution is 2.41. The zero-order chi connectivity index (χ0) is 36.3. The minimum atomic E-state index is 0.705. The van der Waals surface area contributed by atoms with Gasteiger partial charge in [0.2, 0.25) is 0 Å². The fourth-order valence-corrected chi connectivity index (χ4v) is 8.39. The van der Waals surface area contributed by atoms with Gasteiger partial charge in [-0.05, 0) is 85.9 Å². The highest BCUT2D eigenvalue weighted by atomic mass is 15.0. The summed E-state index contributed by atoms with van der Waals surface area (Å²) in [6.07, 6.45) is 0. The molecule has 256 valence electrons. The minimum Gasteiger partial charge on any atom is -0.309 e. The van der Waals surface area contributed by atoms with Gasteiger partial charge >= 0.3 is 0 Å². The maximum absolute atomic E-state index is 5.19. The van der Waals surface area contributed by atoms with Crippen LogP contribution in [-0.4, -0.2) is 14.5 Å². The Morgan fingerprint density at radius 2 is 0.909 bits per heavy atom. The molecule has 0 bridgehead atoms. The molecule has 55 heavy (non-hydrogen) atoms. The number of hydrogen-bond acceptors (Lipinski definition) is 2. The average Bonchev–Trinajstić information content (AvgIpc) is 3.60. The van der Waals surface area contributed by atoms with Crippen molar-refractivity contribution in [1.82, 2.24) is 14.5 Å². The second kappa shape index (κ2) is 12.6. The van der Waals surface area contributed by atoms with Crippen LogP contribution in [0.2, 0.25) is 0 Å². The van der Waals surface area contributed by atoms with Crippen LogP contribution in [0.4, 0.5) is 0 Å². The van der Waals surface area contributed by atoms with Crippen molar-refractivity contribution < 1.29 is 0 Å². The van der Waals surface area contributed by atoms with Gasteiger partial charge in [0.05, 0.1) is 22.4 Å². The number of hydrogen-bond donors (Lipinski definition) is 0. The molecule has 0 aliphatic heterocycles. The Bertz CT molecular complexity index is 3230. The first-order valence-corrected chi connectivity index (χ1v) is 18.7. The predicted molar refractivity (Wildman–Crippen MR) is 231 cm³/mol. The molecule has 9 aromatic carbocycles. The first kappa shape index (κ1) is 31.2. The van der Waals surface area contributed by atoms with Crippen LogP contribution in [0.15, 0.2) is 200 Å². The molecule has 2 heterocycles. The average molecular weight is 700 g/mol. The lowest BCUT2D eigenvalue weighted by atomic mass is 9.89. The normalized spacial score (nSPS) is 11.6. The van der Waals surface area contributed by atoms with E-state index in [0.29, 0.717) is 5.82 Å². The Balaban J connectivity index is 1.07. The predicted octanol–water partition coefficient (Wildman–Crippen LogP) is 13.7. The van der Waals surface area contributed by atoms with Crippen molar-refractivity contribution in [3.05, 3.63) is 200 Å². The van der Waals surface area contributed by atoms with Gasteiger partial charge in [0.1, 0.15) is 0 Å². The summed E-state index contributed by atoms with van der Waals surface area (Å²) >= 11 is 0. The van der Waals surface area contributed by atoms with Crippen molar-refractivity contribution >= 4 is 54.1 Å². The molecule has 0 saturated carbocycles. The van der Waals surface area contributed by atoms with Gasteiger partial charge in [0, 0.05) is 33.2 Å². The number of benzene rings is 9. The van der Waals surface area contributed by atoms with Crippen LogP contribution >= 0.6 is 0 Å². The number of nitrogens with zero attached hydrogens (tertiary/aromatic N) is 3. The number of rotatable bonds is 5. The molecule has 3 heteroatoms. The lowest BCUT2D eigenvalue weighted by molar-refractivity contribution is 1.18. The van der Waals surface area contributed by atoms with E-state index in [2.05, 4.69) is 187 Å².